The Morgan fingerprint density at radius 1 is 1.00 bits per heavy atom. The third kappa shape index (κ3) is 4.17. The summed E-state index contributed by atoms with van der Waals surface area (Å²) in [6.07, 6.45) is 0. The van der Waals surface area contributed by atoms with Crippen molar-refractivity contribution in [3.05, 3.63) is 78.4 Å². The van der Waals surface area contributed by atoms with Crippen LogP contribution in [-0.4, -0.2) is 33.2 Å². The van der Waals surface area contributed by atoms with Crippen molar-refractivity contribution in [2.45, 2.75) is 12.1 Å². The summed E-state index contributed by atoms with van der Waals surface area (Å²) in [6, 6.07) is 23.2. The molecule has 1 amide bonds. The Morgan fingerprint density at radius 3 is 2.59 bits per heavy atom. The van der Waals surface area contributed by atoms with Crippen molar-refractivity contribution in [1.82, 2.24) is 14.8 Å². The minimum Gasteiger partial charge on any atom is -0.454 e. The summed E-state index contributed by atoms with van der Waals surface area (Å²) < 4.78 is 12.9. The fraction of sp³-hybridized carbons (Fsp3) is 0.125. The average molecular weight is 445 g/mol. The van der Waals surface area contributed by atoms with Crippen molar-refractivity contribution < 1.29 is 14.3 Å². The van der Waals surface area contributed by atoms with E-state index in [1.54, 1.807) is 0 Å². The Kier molecular flexibility index (Phi) is 5.51. The van der Waals surface area contributed by atoms with E-state index in [1.165, 1.54) is 11.8 Å². The molecule has 8 heteroatoms. The Balaban J connectivity index is 1.41. The van der Waals surface area contributed by atoms with Crippen LogP contribution in [0.1, 0.15) is 5.56 Å². The fourth-order valence-corrected chi connectivity index (χ4v) is 4.11. The summed E-state index contributed by atoms with van der Waals surface area (Å²) in [6.45, 7) is 2.22. The van der Waals surface area contributed by atoms with Crippen LogP contribution >= 0.6 is 11.8 Å². The number of amides is 1. The number of hydrogen-bond acceptors (Lipinski definition) is 6. The lowest BCUT2D eigenvalue weighted by atomic mass is 10.2. The summed E-state index contributed by atoms with van der Waals surface area (Å²) in [5.41, 5.74) is 3.67. The van der Waals surface area contributed by atoms with Crippen LogP contribution in [0.4, 0.5) is 5.69 Å². The predicted octanol–water partition coefficient (Wildman–Crippen LogP) is 4.70. The number of aryl methyl sites for hydroxylation is 1. The number of benzene rings is 3. The lowest BCUT2D eigenvalue weighted by Gasteiger charge is -2.11. The smallest absolute Gasteiger partial charge is 0.234 e. The van der Waals surface area contributed by atoms with E-state index in [0.717, 1.165) is 22.5 Å². The summed E-state index contributed by atoms with van der Waals surface area (Å²) in [5.74, 6) is 2.15. The van der Waals surface area contributed by atoms with Crippen molar-refractivity contribution in [2.75, 3.05) is 17.9 Å². The van der Waals surface area contributed by atoms with Crippen LogP contribution in [0.3, 0.4) is 0 Å². The zero-order valence-corrected chi connectivity index (χ0v) is 18.1. The molecule has 0 saturated heterocycles. The SMILES string of the molecule is Cc1ccc(NC(=O)CSc2nnc(-c3ccc4c(c3)OCO4)n2-c2ccccc2)cc1. The maximum Gasteiger partial charge on any atom is 0.234 e. The van der Waals surface area contributed by atoms with E-state index in [1.807, 2.05) is 84.3 Å². The summed E-state index contributed by atoms with van der Waals surface area (Å²) in [5, 5.41) is 12.3. The van der Waals surface area contributed by atoms with E-state index < -0.39 is 0 Å². The second kappa shape index (κ2) is 8.76. The molecular formula is C24H20N4O3S. The van der Waals surface area contributed by atoms with Crippen LogP contribution in [0.15, 0.2) is 78.0 Å². The normalized spacial score (nSPS) is 12.0. The van der Waals surface area contributed by atoms with Gasteiger partial charge < -0.3 is 14.8 Å². The van der Waals surface area contributed by atoms with Crippen LogP contribution in [0.2, 0.25) is 0 Å². The highest BCUT2D eigenvalue weighted by molar-refractivity contribution is 7.99. The molecule has 160 valence electrons. The molecule has 4 aromatic rings. The molecule has 1 aromatic heterocycles. The van der Waals surface area contributed by atoms with Gasteiger partial charge in [-0.25, -0.2) is 0 Å². The molecule has 0 unspecified atom stereocenters. The first-order chi connectivity index (χ1) is 15.7. The van der Waals surface area contributed by atoms with E-state index in [2.05, 4.69) is 15.5 Å². The number of carbonyl (C=O) groups excluding carboxylic acids is 1. The average Bonchev–Trinajstić information content (AvgIpc) is 3.46. The summed E-state index contributed by atoms with van der Waals surface area (Å²) in [4.78, 5) is 12.5. The first kappa shape index (κ1) is 20.1. The van der Waals surface area contributed by atoms with Gasteiger partial charge in [0.1, 0.15) is 0 Å². The second-order valence-electron chi connectivity index (χ2n) is 7.25. The van der Waals surface area contributed by atoms with E-state index in [-0.39, 0.29) is 18.5 Å². The molecule has 1 N–H and O–H groups in total. The molecule has 0 fully saturated rings. The highest BCUT2D eigenvalue weighted by Crippen LogP contribution is 2.37. The monoisotopic (exact) mass is 444 g/mol. The Morgan fingerprint density at radius 2 is 1.78 bits per heavy atom. The zero-order chi connectivity index (χ0) is 21.9. The van der Waals surface area contributed by atoms with Gasteiger partial charge in [-0.05, 0) is 49.4 Å². The number of para-hydroxylation sites is 1. The van der Waals surface area contributed by atoms with Gasteiger partial charge in [-0.3, -0.25) is 9.36 Å². The number of fused-ring (bicyclic) bond motifs is 1. The van der Waals surface area contributed by atoms with Crippen LogP contribution in [-0.2, 0) is 4.79 Å². The first-order valence-electron chi connectivity index (χ1n) is 10.1. The topological polar surface area (TPSA) is 78.3 Å². The van der Waals surface area contributed by atoms with Gasteiger partial charge in [-0.2, -0.15) is 0 Å². The second-order valence-corrected chi connectivity index (χ2v) is 8.19. The molecule has 0 bridgehead atoms. The number of thioether (sulfide) groups is 1. The molecule has 2 heterocycles. The molecule has 32 heavy (non-hydrogen) atoms. The minimum atomic E-state index is -0.105. The molecule has 1 aliphatic heterocycles. The first-order valence-corrected chi connectivity index (χ1v) is 11.1. The Bertz CT molecular complexity index is 1260. The number of rotatable bonds is 6. The van der Waals surface area contributed by atoms with E-state index in [0.29, 0.717) is 22.5 Å². The van der Waals surface area contributed by atoms with Crippen LogP contribution in [0, 0.1) is 6.92 Å². The molecule has 5 rings (SSSR count). The van der Waals surface area contributed by atoms with Gasteiger partial charge in [0, 0.05) is 16.9 Å². The van der Waals surface area contributed by atoms with Crippen LogP contribution in [0.5, 0.6) is 11.5 Å². The molecule has 0 atom stereocenters. The van der Waals surface area contributed by atoms with Gasteiger partial charge in [-0.15, -0.1) is 10.2 Å². The van der Waals surface area contributed by atoms with Gasteiger partial charge >= 0.3 is 0 Å². The number of nitrogens with zero attached hydrogens (tertiary/aromatic N) is 3. The van der Waals surface area contributed by atoms with Crippen LogP contribution < -0.4 is 14.8 Å². The Labute approximate surface area is 189 Å². The largest absolute Gasteiger partial charge is 0.454 e. The van der Waals surface area contributed by atoms with Gasteiger partial charge in [0.05, 0.1) is 5.75 Å². The minimum absolute atomic E-state index is 0.105. The van der Waals surface area contributed by atoms with E-state index in [4.69, 9.17) is 9.47 Å². The summed E-state index contributed by atoms with van der Waals surface area (Å²) >= 11 is 1.33. The number of ether oxygens (including phenoxy) is 2. The fourth-order valence-electron chi connectivity index (χ4n) is 3.36. The van der Waals surface area contributed by atoms with E-state index >= 15 is 0 Å². The standard InChI is InChI=1S/C24H20N4O3S/c1-16-7-10-18(11-8-16)25-22(29)14-32-24-27-26-23(28(24)19-5-3-2-4-6-19)17-9-12-20-21(13-17)31-15-30-20/h2-13H,14-15H2,1H3,(H,25,29). The molecule has 7 nitrogen and oxygen atoms in total. The molecule has 1 aliphatic rings. The van der Waals surface area contributed by atoms with Crippen LogP contribution in [0.25, 0.3) is 17.1 Å². The Hall–Kier alpha value is -3.78. The van der Waals surface area contributed by atoms with Gasteiger partial charge in [-0.1, -0.05) is 47.7 Å². The molecule has 0 saturated carbocycles. The number of carbonyl (C=O) groups is 1. The third-order valence-electron chi connectivity index (χ3n) is 4.95. The van der Waals surface area contributed by atoms with Gasteiger partial charge in [0.15, 0.2) is 22.5 Å². The molecule has 0 aliphatic carbocycles. The highest BCUT2D eigenvalue weighted by atomic mass is 32.2. The lowest BCUT2D eigenvalue weighted by Crippen LogP contribution is -2.14. The van der Waals surface area contributed by atoms with Crippen molar-refractivity contribution in [3.63, 3.8) is 0 Å². The molecule has 0 spiro atoms. The lowest BCUT2D eigenvalue weighted by molar-refractivity contribution is -0.113. The summed E-state index contributed by atoms with van der Waals surface area (Å²) in [7, 11) is 0. The maximum absolute atomic E-state index is 12.5. The van der Waals surface area contributed by atoms with Gasteiger partial charge in [0.2, 0.25) is 12.7 Å². The molecular weight excluding hydrogens is 424 g/mol. The van der Waals surface area contributed by atoms with Gasteiger partial charge in [0.25, 0.3) is 0 Å². The highest BCUT2D eigenvalue weighted by Gasteiger charge is 2.20. The molecule has 0 radical (unpaired) electrons. The maximum atomic E-state index is 12.5. The number of aromatic nitrogens is 3. The number of anilines is 1. The molecule has 3 aromatic carbocycles. The number of nitrogens with one attached hydrogen (secondary N) is 1. The zero-order valence-electron chi connectivity index (χ0n) is 17.3. The third-order valence-corrected chi connectivity index (χ3v) is 5.88. The van der Waals surface area contributed by atoms with Crippen molar-refractivity contribution in [2.24, 2.45) is 0 Å². The van der Waals surface area contributed by atoms with Crippen molar-refractivity contribution >= 4 is 23.4 Å². The predicted molar refractivity (Wildman–Crippen MR) is 123 cm³/mol. The van der Waals surface area contributed by atoms with Crippen molar-refractivity contribution in [1.29, 1.82) is 0 Å². The van der Waals surface area contributed by atoms with Crippen molar-refractivity contribution in [3.8, 4) is 28.6 Å². The van der Waals surface area contributed by atoms with E-state index in [9.17, 15) is 4.79 Å². The quantitative estimate of drug-likeness (QED) is 0.434. The number of hydrogen-bond donors (Lipinski definition) is 1.